The van der Waals surface area contributed by atoms with Gasteiger partial charge in [0, 0.05) is 82.3 Å². The van der Waals surface area contributed by atoms with Gasteiger partial charge in [-0.05, 0) is 172 Å². The van der Waals surface area contributed by atoms with Crippen LogP contribution < -0.4 is 27.8 Å². The lowest BCUT2D eigenvalue weighted by atomic mass is 10.0. The Morgan fingerprint density at radius 1 is 0.292 bits per heavy atom. The van der Waals surface area contributed by atoms with E-state index in [1.807, 2.05) is 72.8 Å². The minimum atomic E-state index is -1.50. The molecule has 0 radical (unpaired) electrons. The van der Waals surface area contributed by atoms with Gasteiger partial charge in [0.05, 0.1) is 56.9 Å². The summed E-state index contributed by atoms with van der Waals surface area (Å²) in [5.74, 6) is -10.2. The monoisotopic (exact) mass is 1630 g/mol. The first-order valence-electron chi connectivity index (χ1n) is 38.4. The highest BCUT2D eigenvalue weighted by atomic mass is 19.1. The number of benzene rings is 5. The number of aromatic amines is 10. The summed E-state index contributed by atoms with van der Waals surface area (Å²) < 4.78 is 13.7. The second-order valence-electron chi connectivity index (χ2n) is 28.5. The lowest BCUT2D eigenvalue weighted by Gasteiger charge is -2.10. The molecular weight excluding hydrogens is 1550 g/mol. The van der Waals surface area contributed by atoms with Crippen LogP contribution in [0.15, 0.2) is 139 Å². The van der Waals surface area contributed by atoms with Gasteiger partial charge in [-0.1, -0.05) is 97.7 Å². The Hall–Kier alpha value is -15.2. The van der Waals surface area contributed by atoms with Crippen LogP contribution in [0.4, 0.5) is 4.39 Å². The number of aromatic hydroxyl groups is 5. The van der Waals surface area contributed by atoms with Crippen molar-refractivity contribution >= 4 is 84.4 Å². The number of H-pyrrole nitrogens is 10. The quantitative estimate of drug-likeness (QED) is 0.0357. The van der Waals surface area contributed by atoms with Crippen LogP contribution >= 0.6 is 0 Å². The molecule has 0 bridgehead atoms. The summed E-state index contributed by atoms with van der Waals surface area (Å²) in [5, 5.41) is 101. The molecule has 0 aliphatic heterocycles. The van der Waals surface area contributed by atoms with Gasteiger partial charge >= 0.3 is 29.8 Å². The third-order valence-electron chi connectivity index (χ3n) is 20.7. The van der Waals surface area contributed by atoms with Crippen LogP contribution in [-0.4, -0.2) is 131 Å². The van der Waals surface area contributed by atoms with E-state index in [0.717, 1.165) is 82.1 Å². The van der Waals surface area contributed by atoms with Gasteiger partial charge in [-0.2, -0.15) is 0 Å². The highest BCUT2D eigenvalue weighted by molar-refractivity contribution is 5.98. The smallest absolute Gasteiger partial charge is 0.345 e. The van der Waals surface area contributed by atoms with E-state index in [1.165, 1.54) is 28.3 Å². The van der Waals surface area contributed by atoms with Gasteiger partial charge in [-0.15, -0.1) is 0 Å². The van der Waals surface area contributed by atoms with E-state index < -0.39 is 114 Å². The van der Waals surface area contributed by atoms with Crippen LogP contribution in [0.2, 0.25) is 0 Å². The number of hydrogen-bond acceptors (Lipinski definition) is 15. The van der Waals surface area contributed by atoms with Crippen LogP contribution in [0, 0.1) is 26.6 Å². The topological polar surface area (TPSA) is 531 Å². The Balaban J connectivity index is 0.000000147. The number of aromatic carboxylic acids is 5. The first-order chi connectivity index (χ1) is 57.1. The Bertz CT molecular complexity index is 6570. The number of carboxylic acids is 5. The lowest BCUT2D eigenvalue weighted by molar-refractivity contribution is 0.0680. The molecule has 31 heteroatoms. The lowest BCUT2D eigenvalue weighted by Crippen LogP contribution is -2.20. The molecule has 0 saturated carbocycles. The van der Waals surface area contributed by atoms with Gasteiger partial charge in [0.25, 0.3) is 27.8 Å². The minimum absolute atomic E-state index is 0.291. The van der Waals surface area contributed by atoms with E-state index in [9.17, 15) is 77.9 Å². The summed E-state index contributed by atoms with van der Waals surface area (Å²) in [4.78, 5) is 144. The fourth-order valence-corrected chi connectivity index (χ4v) is 14.5. The number of rotatable bonds is 19. The van der Waals surface area contributed by atoms with Crippen molar-refractivity contribution in [3.63, 3.8) is 0 Å². The van der Waals surface area contributed by atoms with Crippen molar-refractivity contribution in [2.24, 2.45) is 0 Å². The van der Waals surface area contributed by atoms with Crippen molar-refractivity contribution in [2.75, 3.05) is 0 Å². The molecule has 15 rings (SSSR count). The maximum absolute atomic E-state index is 13.7. The number of carbonyl (C=O) groups is 5. The predicted molar refractivity (Wildman–Crippen MR) is 454 cm³/mol. The number of carboxylic acid groups (broad SMARTS) is 5. The van der Waals surface area contributed by atoms with Gasteiger partial charge in [-0.3, -0.25) is 24.0 Å². The highest BCUT2D eigenvalue weighted by Crippen LogP contribution is 2.38. The molecule has 0 aliphatic carbocycles. The van der Waals surface area contributed by atoms with E-state index in [2.05, 4.69) is 102 Å². The molecule has 0 amide bonds. The summed E-state index contributed by atoms with van der Waals surface area (Å²) in [7, 11) is 0. The molecule has 0 spiro atoms. The second kappa shape index (κ2) is 35.5. The molecule has 0 atom stereocenters. The van der Waals surface area contributed by atoms with Crippen molar-refractivity contribution in [3.8, 4) is 85.7 Å². The Morgan fingerprint density at radius 3 is 0.908 bits per heavy atom. The van der Waals surface area contributed by atoms with Gasteiger partial charge in [0.15, 0.2) is 27.8 Å². The maximum Gasteiger partial charge on any atom is 0.345 e. The van der Waals surface area contributed by atoms with Crippen molar-refractivity contribution in [1.29, 1.82) is 0 Å². The second-order valence-corrected chi connectivity index (χ2v) is 28.5. The summed E-state index contributed by atoms with van der Waals surface area (Å²) in [6.45, 7) is 18.5. The number of hydrogen-bond donors (Lipinski definition) is 20. The molecule has 0 aliphatic rings. The highest BCUT2D eigenvalue weighted by Gasteiger charge is 2.28. The van der Waals surface area contributed by atoms with E-state index in [-0.39, 0.29) is 5.82 Å². The average Bonchev–Trinajstić information content (AvgIpc) is 1.60. The summed E-state index contributed by atoms with van der Waals surface area (Å²) >= 11 is 0. The number of aromatic nitrogens is 10. The van der Waals surface area contributed by atoms with Gasteiger partial charge < -0.3 is 101 Å². The average molecular weight is 1640 g/mol. The van der Waals surface area contributed by atoms with Crippen LogP contribution in [-0.2, 0) is 44.9 Å². The zero-order valence-electron chi connectivity index (χ0n) is 66.8. The summed E-state index contributed by atoms with van der Waals surface area (Å²) in [6.07, 6.45) is 6.98. The van der Waals surface area contributed by atoms with E-state index in [1.54, 1.807) is 53.7 Å². The third-order valence-corrected chi connectivity index (χ3v) is 20.7. The van der Waals surface area contributed by atoms with E-state index >= 15 is 0 Å². The van der Waals surface area contributed by atoms with Crippen LogP contribution in [0.1, 0.15) is 169 Å². The van der Waals surface area contributed by atoms with Gasteiger partial charge in [-0.25, -0.2) is 28.4 Å². The first kappa shape index (κ1) is 85.7. The molecule has 10 heterocycles. The fraction of sp³-hybridized carbons (Fsp3) is 0.213. The maximum atomic E-state index is 13.7. The van der Waals surface area contributed by atoms with Crippen LogP contribution in [0.3, 0.4) is 0 Å². The molecule has 30 nitrogen and oxygen atoms in total. The number of pyridine rings is 5. The molecule has 0 saturated heterocycles. The standard InChI is InChI=1S/2C19H20N2O4.C17H15FN2O4.2C17H16N2O4/c1-3-5-10-6-7-13-11(8-10)9-14(20-13)16-12(4-2)17(22)15(19(24)25)18(23)21-16;1-3-5-10-6-7-11-9-14(20-13(11)8-10)16-12(4-2)17(22)15(19(24)25)18(23)21-16;1-3-9-14(20-16(22)13(15(9)21)17(23)24)12-6-8-5-10(18)7(2)4-11(8)19-12;1-3-9-4-5-11-10(6-9)7-12(18-11)14-8(2)15(20)13(17(22)23)16(21)19-14;1-3-9-4-5-10-7-12(18-11(10)6-9)14-8(2)15(20)13(17(22)23)16(21)19-14/h2*6-9,20H,3-5H2,1-2H3,(H,24,25)(H2,21,22,23);4-6,19H,3H2,1-2H3,(H,23,24)(H2,20,21,22);2*4-7,18H,3H2,1-2H3,(H,22,23)(H2,19,20,21). The molecule has 15 aromatic rings. The molecule has 10 aromatic heterocycles. The zero-order chi connectivity index (χ0) is 87.3. The largest absolute Gasteiger partial charge is 0.506 e. The summed E-state index contributed by atoms with van der Waals surface area (Å²) in [5.41, 5.74) is 8.85. The Morgan fingerprint density at radius 2 is 0.558 bits per heavy atom. The van der Waals surface area contributed by atoms with Crippen LogP contribution in [0.25, 0.3) is 111 Å². The first-order valence-corrected chi connectivity index (χ1v) is 38.4. The number of aryl methyl sites for hydroxylation is 5. The predicted octanol–water partition coefficient (Wildman–Crippen LogP) is 15.4. The Kier molecular flexibility index (Phi) is 25.4. The van der Waals surface area contributed by atoms with Crippen LogP contribution in [0.5, 0.6) is 28.7 Å². The number of fused-ring (bicyclic) bond motifs is 5. The summed E-state index contributed by atoms with van der Waals surface area (Å²) in [6, 6.07) is 36.5. The van der Waals surface area contributed by atoms with Crippen molar-refractivity contribution in [1.82, 2.24) is 49.8 Å². The van der Waals surface area contributed by atoms with Crippen molar-refractivity contribution in [3.05, 3.63) is 256 Å². The van der Waals surface area contributed by atoms with E-state index in [0.29, 0.717) is 120 Å². The Labute approximate surface area is 679 Å². The molecule has 5 aromatic carbocycles. The fourth-order valence-electron chi connectivity index (χ4n) is 14.5. The number of nitrogens with one attached hydrogen (secondary N) is 10. The third kappa shape index (κ3) is 17.2. The molecule has 120 heavy (non-hydrogen) atoms. The SMILES string of the molecule is CCCc1ccc2[nH]c(-c3[nH]c(=O)c(C(=O)O)c(O)c3CC)cc2c1.CCCc1ccc2cc(-c3[nH]c(=O)c(C(=O)O)c(O)c3CC)[nH]c2c1.CCc1c(-c2cc3cc(F)c(C)cc3[nH]2)[nH]c(=O)c(C(=O)O)c1O.CCc1ccc2[nH]c(-c3[nH]c(=O)c(C(=O)O)c(O)c3C)cc2c1.CCc1ccc2cc(-c3[nH]c(=O)c(C(=O)O)c(O)c3C)[nH]c2c1. The van der Waals surface area contributed by atoms with Gasteiger partial charge in [0.2, 0.25) is 0 Å². The molecule has 620 valence electrons. The van der Waals surface area contributed by atoms with E-state index in [4.69, 9.17) is 25.5 Å². The zero-order valence-corrected chi connectivity index (χ0v) is 66.8. The van der Waals surface area contributed by atoms with Crippen molar-refractivity contribution < 1.29 is 79.4 Å². The van der Waals surface area contributed by atoms with Crippen molar-refractivity contribution in [2.45, 2.75) is 127 Å². The number of halogens is 1. The molecule has 0 unspecified atom stereocenters. The molecular formula is C89H87FN10O20. The molecule has 0 fully saturated rings. The molecule has 20 N–H and O–H groups in total. The van der Waals surface area contributed by atoms with Gasteiger partial charge in [0.1, 0.15) is 34.6 Å². The normalized spacial score (nSPS) is 11.1. The minimum Gasteiger partial charge on any atom is -0.506 e.